The van der Waals surface area contributed by atoms with E-state index in [1.54, 1.807) is 30.5 Å². The van der Waals surface area contributed by atoms with Crippen LogP contribution in [0.3, 0.4) is 0 Å². The molecule has 1 aromatic heterocycles. The van der Waals surface area contributed by atoms with Crippen molar-refractivity contribution in [2.24, 2.45) is 5.92 Å². The molecule has 1 fully saturated rings. The van der Waals surface area contributed by atoms with Gasteiger partial charge < -0.3 is 10.2 Å². The van der Waals surface area contributed by atoms with Crippen LogP contribution in [-0.2, 0) is 19.6 Å². The van der Waals surface area contributed by atoms with Crippen molar-refractivity contribution in [1.82, 2.24) is 9.29 Å². The number of nitrogens with one attached hydrogen (secondary N) is 1. The molecule has 3 rings (SSSR count). The van der Waals surface area contributed by atoms with Crippen molar-refractivity contribution in [3.8, 4) is 0 Å². The van der Waals surface area contributed by atoms with E-state index in [0.717, 1.165) is 4.31 Å². The number of carbonyl (C=O) groups excluding carboxylic acids is 2. The number of nitrogens with zero attached hydrogens (tertiary/aromatic N) is 3. The molecular formula is C18H20N4O4S. The number of sulfonamides is 1. The highest BCUT2D eigenvalue weighted by molar-refractivity contribution is 7.89. The van der Waals surface area contributed by atoms with Crippen LogP contribution in [0.1, 0.15) is 6.42 Å². The van der Waals surface area contributed by atoms with Crippen molar-refractivity contribution in [1.29, 1.82) is 0 Å². The molecule has 1 atom stereocenters. The Kier molecular flexibility index (Phi) is 5.24. The van der Waals surface area contributed by atoms with Gasteiger partial charge in [-0.1, -0.05) is 0 Å². The van der Waals surface area contributed by atoms with Crippen LogP contribution in [0.5, 0.6) is 0 Å². The van der Waals surface area contributed by atoms with Gasteiger partial charge in [-0.05, 0) is 36.4 Å². The molecule has 9 heteroatoms. The second-order valence-electron chi connectivity index (χ2n) is 6.42. The van der Waals surface area contributed by atoms with Gasteiger partial charge in [0, 0.05) is 38.9 Å². The minimum absolute atomic E-state index is 0.101. The van der Waals surface area contributed by atoms with Crippen LogP contribution < -0.4 is 10.2 Å². The summed E-state index contributed by atoms with van der Waals surface area (Å²) in [7, 11) is -0.616. The molecule has 0 saturated carbocycles. The molecule has 1 N–H and O–H groups in total. The van der Waals surface area contributed by atoms with Gasteiger partial charge in [0.2, 0.25) is 21.8 Å². The number of anilines is 2. The van der Waals surface area contributed by atoms with Gasteiger partial charge in [0.25, 0.3) is 0 Å². The molecule has 1 aliphatic rings. The number of hydrogen-bond donors (Lipinski definition) is 1. The Balaban J connectivity index is 1.71. The first-order chi connectivity index (χ1) is 12.8. The number of rotatable bonds is 5. The monoisotopic (exact) mass is 388 g/mol. The van der Waals surface area contributed by atoms with Crippen molar-refractivity contribution in [2.45, 2.75) is 11.3 Å². The molecule has 2 aromatic rings. The fraction of sp³-hybridized carbons (Fsp3) is 0.278. The first kappa shape index (κ1) is 19.0. The van der Waals surface area contributed by atoms with E-state index in [-0.39, 0.29) is 29.7 Å². The van der Waals surface area contributed by atoms with Crippen molar-refractivity contribution in [3.05, 3.63) is 48.8 Å². The zero-order valence-corrected chi connectivity index (χ0v) is 15.8. The van der Waals surface area contributed by atoms with Crippen LogP contribution in [0.4, 0.5) is 11.4 Å². The van der Waals surface area contributed by atoms with E-state index in [9.17, 15) is 18.0 Å². The zero-order chi connectivity index (χ0) is 19.6. The lowest BCUT2D eigenvalue weighted by molar-refractivity contribution is -0.122. The summed E-state index contributed by atoms with van der Waals surface area (Å²) in [6.07, 6.45) is 3.25. The molecule has 8 nitrogen and oxygen atoms in total. The van der Waals surface area contributed by atoms with Crippen LogP contribution >= 0.6 is 0 Å². The third-order valence-corrected chi connectivity index (χ3v) is 6.18. The molecule has 27 heavy (non-hydrogen) atoms. The van der Waals surface area contributed by atoms with Gasteiger partial charge in [0.1, 0.15) is 0 Å². The largest absolute Gasteiger partial charge is 0.324 e. The van der Waals surface area contributed by atoms with E-state index in [1.165, 1.54) is 37.3 Å². The summed E-state index contributed by atoms with van der Waals surface area (Å²) in [6.45, 7) is 0.241. The van der Waals surface area contributed by atoms with Crippen LogP contribution in [-0.4, -0.2) is 50.2 Å². The first-order valence-corrected chi connectivity index (χ1v) is 9.77. The summed E-state index contributed by atoms with van der Waals surface area (Å²) in [5, 5.41) is 2.75. The fourth-order valence-corrected chi connectivity index (χ4v) is 3.72. The average Bonchev–Trinajstić information content (AvgIpc) is 3.04. The minimum atomic E-state index is -3.53. The number of hydrogen-bond acceptors (Lipinski definition) is 5. The van der Waals surface area contributed by atoms with Gasteiger partial charge in [-0.2, -0.15) is 0 Å². The summed E-state index contributed by atoms with van der Waals surface area (Å²) in [5.74, 6) is -0.905. The minimum Gasteiger partial charge on any atom is -0.324 e. The van der Waals surface area contributed by atoms with E-state index in [4.69, 9.17) is 0 Å². The lowest BCUT2D eigenvalue weighted by Crippen LogP contribution is -2.28. The Morgan fingerprint density at radius 3 is 2.52 bits per heavy atom. The predicted octanol–water partition coefficient (Wildman–Crippen LogP) is 1.32. The topological polar surface area (TPSA) is 99.7 Å². The second kappa shape index (κ2) is 7.45. The fourth-order valence-electron chi connectivity index (χ4n) is 2.82. The SMILES string of the molecule is CN(C)S(=O)(=O)c1ccc(N2C[C@@H](C(=O)Nc3cccnc3)CC2=O)cc1. The molecule has 0 radical (unpaired) electrons. The first-order valence-electron chi connectivity index (χ1n) is 8.33. The summed E-state index contributed by atoms with van der Waals surface area (Å²) >= 11 is 0. The smallest absolute Gasteiger partial charge is 0.242 e. The van der Waals surface area contributed by atoms with Gasteiger partial charge in [0.05, 0.1) is 22.7 Å². The summed E-state index contributed by atoms with van der Waals surface area (Å²) < 4.78 is 25.4. The highest BCUT2D eigenvalue weighted by atomic mass is 32.2. The summed E-state index contributed by atoms with van der Waals surface area (Å²) in [5.41, 5.74) is 1.14. The third kappa shape index (κ3) is 3.99. The van der Waals surface area contributed by atoms with Gasteiger partial charge >= 0.3 is 0 Å². The van der Waals surface area contributed by atoms with Crippen molar-refractivity contribution in [3.63, 3.8) is 0 Å². The molecular weight excluding hydrogens is 368 g/mol. The van der Waals surface area contributed by atoms with E-state index in [0.29, 0.717) is 11.4 Å². The number of carbonyl (C=O) groups is 2. The van der Waals surface area contributed by atoms with Crippen molar-refractivity contribution in [2.75, 3.05) is 30.9 Å². The van der Waals surface area contributed by atoms with E-state index in [2.05, 4.69) is 10.3 Å². The maximum absolute atomic E-state index is 12.4. The standard InChI is InChI=1S/C18H20N4O4S/c1-21(2)27(25,26)16-7-5-15(6-8-16)22-12-13(10-17(22)23)18(24)20-14-4-3-9-19-11-14/h3-9,11,13H,10,12H2,1-2H3,(H,20,24)/t13-/m0/s1. The Labute approximate surface area is 157 Å². The maximum atomic E-state index is 12.4. The highest BCUT2D eigenvalue weighted by Gasteiger charge is 2.35. The van der Waals surface area contributed by atoms with Gasteiger partial charge in [-0.25, -0.2) is 12.7 Å². The molecule has 1 saturated heterocycles. The zero-order valence-electron chi connectivity index (χ0n) is 15.0. The maximum Gasteiger partial charge on any atom is 0.242 e. The molecule has 0 bridgehead atoms. The normalized spacial score (nSPS) is 17.4. The van der Waals surface area contributed by atoms with Gasteiger partial charge in [0.15, 0.2) is 0 Å². The number of pyridine rings is 1. The number of aromatic nitrogens is 1. The molecule has 0 unspecified atom stereocenters. The molecule has 2 amide bonds. The van der Waals surface area contributed by atoms with E-state index < -0.39 is 15.9 Å². The number of amides is 2. The quantitative estimate of drug-likeness (QED) is 0.833. The second-order valence-corrected chi connectivity index (χ2v) is 8.57. The highest BCUT2D eigenvalue weighted by Crippen LogP contribution is 2.27. The Morgan fingerprint density at radius 1 is 1.22 bits per heavy atom. The molecule has 142 valence electrons. The molecule has 1 aliphatic heterocycles. The predicted molar refractivity (Wildman–Crippen MR) is 101 cm³/mol. The van der Waals surface area contributed by atoms with Gasteiger partial charge in [-0.3, -0.25) is 14.6 Å². The van der Waals surface area contributed by atoms with E-state index in [1.807, 2.05) is 0 Å². The van der Waals surface area contributed by atoms with Crippen LogP contribution in [0, 0.1) is 5.92 Å². The van der Waals surface area contributed by atoms with E-state index >= 15 is 0 Å². The molecule has 0 spiro atoms. The number of benzene rings is 1. The Hall–Kier alpha value is -2.78. The average molecular weight is 388 g/mol. The van der Waals surface area contributed by atoms with Crippen molar-refractivity contribution < 1.29 is 18.0 Å². The summed E-state index contributed by atoms with van der Waals surface area (Å²) in [6, 6.07) is 9.52. The molecule has 0 aliphatic carbocycles. The van der Waals surface area contributed by atoms with Crippen molar-refractivity contribution >= 4 is 33.2 Å². The van der Waals surface area contributed by atoms with Crippen LogP contribution in [0.15, 0.2) is 53.7 Å². The third-order valence-electron chi connectivity index (χ3n) is 4.35. The van der Waals surface area contributed by atoms with Gasteiger partial charge in [-0.15, -0.1) is 0 Å². The molecule has 1 aromatic carbocycles. The Morgan fingerprint density at radius 2 is 1.93 bits per heavy atom. The van der Waals surface area contributed by atoms with Crippen LogP contribution in [0.25, 0.3) is 0 Å². The lowest BCUT2D eigenvalue weighted by Gasteiger charge is -2.18. The van der Waals surface area contributed by atoms with Crippen LogP contribution in [0.2, 0.25) is 0 Å². The molecule has 2 heterocycles. The summed E-state index contributed by atoms with van der Waals surface area (Å²) in [4.78, 5) is 30.3. The lowest BCUT2D eigenvalue weighted by atomic mass is 10.1. The Bertz CT molecular complexity index is 943.